The average molecular weight is 343 g/mol. The maximum absolute atomic E-state index is 13.2. The summed E-state index contributed by atoms with van der Waals surface area (Å²) in [5.74, 6) is 0.676. The number of amides is 1. The Morgan fingerprint density at radius 2 is 1.77 bits per heavy atom. The van der Waals surface area contributed by atoms with Crippen molar-refractivity contribution in [3.05, 3.63) is 84.1 Å². The fraction of sp³-hybridized carbons (Fsp3) is 0.182. The highest BCUT2D eigenvalue weighted by Gasteiger charge is 2.25. The third-order valence-corrected chi connectivity index (χ3v) is 4.83. The van der Waals surface area contributed by atoms with Gasteiger partial charge in [-0.2, -0.15) is 0 Å². The zero-order valence-electron chi connectivity index (χ0n) is 14.8. The molecule has 2 aromatic carbocycles. The second-order valence-corrected chi connectivity index (χ2v) is 6.46. The van der Waals surface area contributed by atoms with Gasteiger partial charge in [-0.05, 0) is 48.7 Å². The second-order valence-electron chi connectivity index (χ2n) is 6.46. The number of nitrogens with zero attached hydrogens (tertiary/aromatic N) is 3. The van der Waals surface area contributed by atoms with Crippen LogP contribution in [0.2, 0.25) is 0 Å². The second kappa shape index (κ2) is 7.00. The lowest BCUT2D eigenvalue weighted by Gasteiger charge is -2.32. The number of hydrogen-bond acceptors (Lipinski definition) is 3. The van der Waals surface area contributed by atoms with Crippen LogP contribution in [0, 0.1) is 0 Å². The first-order valence-corrected chi connectivity index (χ1v) is 8.89. The van der Waals surface area contributed by atoms with Crippen LogP contribution in [-0.2, 0) is 6.42 Å². The number of benzene rings is 2. The maximum atomic E-state index is 13.2. The summed E-state index contributed by atoms with van der Waals surface area (Å²) in [6.07, 6.45) is 3.87. The molecule has 4 heteroatoms. The van der Waals surface area contributed by atoms with E-state index >= 15 is 0 Å². The molecule has 4 rings (SSSR count). The summed E-state index contributed by atoms with van der Waals surface area (Å²) in [5, 5.41) is 0. The van der Waals surface area contributed by atoms with Gasteiger partial charge in [-0.25, -0.2) is 4.98 Å². The first-order valence-electron chi connectivity index (χ1n) is 8.89. The number of para-hydroxylation sites is 2. The van der Waals surface area contributed by atoms with Crippen LogP contribution in [0.4, 0.5) is 17.2 Å². The monoisotopic (exact) mass is 343 g/mol. The van der Waals surface area contributed by atoms with Crippen molar-refractivity contribution in [2.75, 3.05) is 23.4 Å². The number of hydrogen-bond donors (Lipinski definition) is 0. The zero-order valence-corrected chi connectivity index (χ0v) is 14.8. The Morgan fingerprint density at radius 1 is 1.00 bits per heavy atom. The molecule has 0 fully saturated rings. The molecule has 0 aliphatic carbocycles. The predicted molar refractivity (Wildman–Crippen MR) is 105 cm³/mol. The van der Waals surface area contributed by atoms with Gasteiger partial charge in [0.15, 0.2) is 0 Å². The van der Waals surface area contributed by atoms with Crippen LogP contribution >= 0.6 is 0 Å². The lowest BCUT2D eigenvalue weighted by atomic mass is 10.0. The van der Waals surface area contributed by atoms with Crippen molar-refractivity contribution in [1.29, 1.82) is 0 Å². The van der Waals surface area contributed by atoms with Crippen molar-refractivity contribution in [1.82, 2.24) is 4.98 Å². The lowest BCUT2D eigenvalue weighted by Crippen LogP contribution is -2.31. The van der Waals surface area contributed by atoms with Gasteiger partial charge in [0.25, 0.3) is 5.91 Å². The number of aromatic nitrogens is 1. The van der Waals surface area contributed by atoms with Gasteiger partial charge in [0.2, 0.25) is 0 Å². The highest BCUT2D eigenvalue weighted by atomic mass is 16.2. The molecule has 0 spiro atoms. The molecule has 26 heavy (non-hydrogen) atoms. The Morgan fingerprint density at radius 3 is 2.62 bits per heavy atom. The molecule has 2 heterocycles. The van der Waals surface area contributed by atoms with E-state index in [1.807, 2.05) is 48.5 Å². The largest absolute Gasteiger partial charge is 0.325 e. The summed E-state index contributed by atoms with van der Waals surface area (Å²) in [4.78, 5) is 21.6. The van der Waals surface area contributed by atoms with Gasteiger partial charge < -0.3 is 9.80 Å². The van der Waals surface area contributed by atoms with Crippen molar-refractivity contribution in [3.63, 3.8) is 0 Å². The van der Waals surface area contributed by atoms with Crippen LogP contribution in [0.25, 0.3) is 0 Å². The third-order valence-electron chi connectivity index (χ3n) is 4.83. The molecule has 0 unspecified atom stereocenters. The van der Waals surface area contributed by atoms with E-state index in [0.29, 0.717) is 5.56 Å². The van der Waals surface area contributed by atoms with Crippen molar-refractivity contribution in [2.24, 2.45) is 0 Å². The summed E-state index contributed by atoms with van der Waals surface area (Å²) < 4.78 is 0. The van der Waals surface area contributed by atoms with Crippen LogP contribution in [-0.4, -0.2) is 24.5 Å². The number of fused-ring (bicyclic) bond motifs is 1. The fourth-order valence-electron chi connectivity index (χ4n) is 3.48. The Hall–Kier alpha value is -3.14. The first-order chi connectivity index (χ1) is 12.8. The highest BCUT2D eigenvalue weighted by Crippen LogP contribution is 2.34. The average Bonchev–Trinajstić information content (AvgIpc) is 2.73. The molecule has 1 aromatic heterocycles. The molecular weight excluding hydrogens is 322 g/mol. The zero-order chi connectivity index (χ0) is 17.9. The van der Waals surface area contributed by atoms with E-state index in [0.717, 1.165) is 36.6 Å². The van der Waals surface area contributed by atoms with Gasteiger partial charge in [0.05, 0.1) is 5.56 Å². The standard InChI is InChI=1S/C22H21N3O/c1-24(18-11-3-2-4-12-18)22(26)19-13-7-15-23-21(19)25-16-8-10-17-9-5-6-14-20(17)25/h2-7,9,11-15H,8,10,16H2,1H3. The summed E-state index contributed by atoms with van der Waals surface area (Å²) in [6, 6.07) is 21.7. The van der Waals surface area contributed by atoms with E-state index < -0.39 is 0 Å². The van der Waals surface area contributed by atoms with Gasteiger partial charge in [0.1, 0.15) is 5.82 Å². The number of carbonyl (C=O) groups is 1. The Kier molecular flexibility index (Phi) is 4.40. The van der Waals surface area contributed by atoms with Gasteiger partial charge in [0, 0.05) is 31.2 Å². The van der Waals surface area contributed by atoms with Gasteiger partial charge in [-0.15, -0.1) is 0 Å². The van der Waals surface area contributed by atoms with Gasteiger partial charge >= 0.3 is 0 Å². The van der Waals surface area contributed by atoms with E-state index in [1.165, 1.54) is 5.56 Å². The Balaban J connectivity index is 1.74. The molecule has 0 N–H and O–H groups in total. The Labute approximate surface area is 153 Å². The topological polar surface area (TPSA) is 36.4 Å². The van der Waals surface area contributed by atoms with Crippen LogP contribution in [0.1, 0.15) is 22.3 Å². The van der Waals surface area contributed by atoms with E-state index in [-0.39, 0.29) is 5.91 Å². The van der Waals surface area contributed by atoms with E-state index in [9.17, 15) is 4.79 Å². The molecule has 1 aliphatic heterocycles. The Bertz CT molecular complexity index is 923. The molecule has 1 aliphatic rings. The van der Waals surface area contributed by atoms with Crippen LogP contribution in [0.15, 0.2) is 72.9 Å². The molecule has 4 nitrogen and oxygen atoms in total. The molecule has 1 amide bonds. The summed E-state index contributed by atoms with van der Waals surface area (Å²) in [5.41, 5.74) is 3.94. The van der Waals surface area contributed by atoms with Gasteiger partial charge in [-0.3, -0.25) is 4.79 Å². The fourth-order valence-corrected chi connectivity index (χ4v) is 3.48. The third kappa shape index (κ3) is 2.94. The smallest absolute Gasteiger partial charge is 0.261 e. The predicted octanol–water partition coefficient (Wildman–Crippen LogP) is 4.44. The molecule has 0 radical (unpaired) electrons. The lowest BCUT2D eigenvalue weighted by molar-refractivity contribution is 0.0993. The van der Waals surface area contributed by atoms with Crippen LogP contribution in [0.5, 0.6) is 0 Å². The first kappa shape index (κ1) is 16.3. The number of anilines is 3. The van der Waals surface area contributed by atoms with Crippen molar-refractivity contribution in [2.45, 2.75) is 12.8 Å². The van der Waals surface area contributed by atoms with Crippen LogP contribution < -0.4 is 9.80 Å². The van der Waals surface area contributed by atoms with Crippen molar-refractivity contribution < 1.29 is 4.79 Å². The normalized spacial score (nSPS) is 13.2. The molecule has 3 aromatic rings. The number of pyridine rings is 1. The number of rotatable bonds is 3. The quantitative estimate of drug-likeness (QED) is 0.705. The molecular formula is C22H21N3O. The summed E-state index contributed by atoms with van der Waals surface area (Å²) in [6.45, 7) is 0.864. The SMILES string of the molecule is CN(C(=O)c1cccnc1N1CCCc2ccccc21)c1ccccc1. The van der Waals surface area contributed by atoms with E-state index in [4.69, 9.17) is 0 Å². The number of carbonyl (C=O) groups excluding carboxylic acids is 1. The molecule has 0 bridgehead atoms. The minimum atomic E-state index is -0.0534. The highest BCUT2D eigenvalue weighted by molar-refractivity contribution is 6.09. The molecule has 0 saturated carbocycles. The van der Waals surface area contributed by atoms with E-state index in [2.05, 4.69) is 28.1 Å². The maximum Gasteiger partial charge on any atom is 0.261 e. The minimum absolute atomic E-state index is 0.0534. The number of aryl methyl sites for hydroxylation is 1. The molecule has 0 atom stereocenters. The van der Waals surface area contributed by atoms with Crippen molar-refractivity contribution >= 4 is 23.1 Å². The summed E-state index contributed by atoms with van der Waals surface area (Å²) >= 11 is 0. The van der Waals surface area contributed by atoms with Crippen molar-refractivity contribution in [3.8, 4) is 0 Å². The summed E-state index contributed by atoms with van der Waals surface area (Å²) in [7, 11) is 1.80. The van der Waals surface area contributed by atoms with E-state index in [1.54, 1.807) is 18.1 Å². The van der Waals surface area contributed by atoms with Crippen LogP contribution in [0.3, 0.4) is 0 Å². The molecule has 130 valence electrons. The van der Waals surface area contributed by atoms with Gasteiger partial charge in [-0.1, -0.05) is 36.4 Å². The minimum Gasteiger partial charge on any atom is -0.325 e. The molecule has 0 saturated heterocycles.